The monoisotopic (exact) mass is 625 g/mol. The van der Waals surface area contributed by atoms with Crippen LogP contribution in [0.3, 0.4) is 0 Å². The predicted molar refractivity (Wildman–Crippen MR) is 170 cm³/mol. The first kappa shape index (κ1) is 35.6. The Bertz CT molecular complexity index is 1220. The van der Waals surface area contributed by atoms with E-state index in [-0.39, 0.29) is 65.6 Å². The molecule has 248 valence electrons. The molecule has 1 saturated heterocycles. The molecule has 1 aliphatic heterocycles. The molecular weight excluding hydrogens is 574 g/mol. The summed E-state index contributed by atoms with van der Waals surface area (Å²) in [7, 11) is 0. The molecule has 1 aromatic heterocycles. The van der Waals surface area contributed by atoms with E-state index in [1.165, 1.54) is 18.6 Å². The van der Waals surface area contributed by atoms with E-state index in [9.17, 15) is 24.0 Å². The lowest BCUT2D eigenvalue weighted by Gasteiger charge is -2.34. The van der Waals surface area contributed by atoms with Gasteiger partial charge in [0.25, 0.3) is 5.91 Å². The third kappa shape index (κ3) is 9.34. The van der Waals surface area contributed by atoms with E-state index < -0.39 is 29.9 Å². The molecule has 12 heteroatoms. The minimum absolute atomic E-state index is 0.0289. The minimum Gasteiger partial charge on any atom is -0.354 e. The van der Waals surface area contributed by atoms with Crippen molar-refractivity contribution in [2.24, 2.45) is 23.7 Å². The van der Waals surface area contributed by atoms with Crippen molar-refractivity contribution in [3.8, 4) is 0 Å². The zero-order chi connectivity index (χ0) is 33.3. The number of allylic oxidation sites excluding steroid dienone is 1. The summed E-state index contributed by atoms with van der Waals surface area (Å²) in [5, 5.41) is 11.7. The summed E-state index contributed by atoms with van der Waals surface area (Å²) < 4.78 is 0. The van der Waals surface area contributed by atoms with Gasteiger partial charge in [0, 0.05) is 43.4 Å². The lowest BCUT2D eigenvalue weighted by molar-refractivity contribution is -0.143. The van der Waals surface area contributed by atoms with Crippen LogP contribution in [-0.4, -0.2) is 81.2 Å². The molecule has 3 rings (SSSR count). The zero-order valence-electron chi connectivity index (χ0n) is 27.7. The molecular formula is C33H51N7O5. The third-order valence-electron chi connectivity index (χ3n) is 8.74. The average molecular weight is 626 g/mol. The number of carbonyl (C=O) groups excluding carboxylic acids is 5. The molecule has 0 aromatic carbocycles. The van der Waals surface area contributed by atoms with Crippen LogP contribution in [0.15, 0.2) is 30.7 Å². The summed E-state index contributed by atoms with van der Waals surface area (Å²) in [5.74, 6) is -2.39. The highest BCUT2D eigenvalue weighted by Gasteiger charge is 2.50. The molecule has 2 aliphatic rings. The Morgan fingerprint density at radius 3 is 2.24 bits per heavy atom. The maximum atomic E-state index is 14.2. The highest BCUT2D eigenvalue weighted by Crippen LogP contribution is 2.39. The second kappa shape index (κ2) is 16.5. The van der Waals surface area contributed by atoms with Crippen LogP contribution in [0.1, 0.15) is 91.1 Å². The second-order valence-electron chi connectivity index (χ2n) is 13.0. The average Bonchev–Trinajstić information content (AvgIpc) is 3.60. The quantitative estimate of drug-likeness (QED) is 0.218. The molecule has 4 N–H and O–H groups in total. The Balaban J connectivity index is 1.77. The van der Waals surface area contributed by atoms with Crippen LogP contribution in [-0.2, 0) is 19.2 Å². The molecule has 0 radical (unpaired) electrons. The van der Waals surface area contributed by atoms with Crippen LogP contribution in [0.4, 0.5) is 0 Å². The smallest absolute Gasteiger partial charge is 0.272 e. The summed E-state index contributed by atoms with van der Waals surface area (Å²) in [6.07, 6.45) is 11.3. The number of rotatable bonds is 15. The van der Waals surface area contributed by atoms with Crippen molar-refractivity contribution < 1.29 is 24.0 Å². The van der Waals surface area contributed by atoms with Crippen molar-refractivity contribution in [3.63, 3.8) is 0 Å². The molecule has 5 amide bonds. The van der Waals surface area contributed by atoms with Crippen molar-refractivity contribution in [2.75, 3.05) is 6.54 Å². The number of likely N-dealkylation sites (tertiary alicyclic amines) is 1. The van der Waals surface area contributed by atoms with Crippen molar-refractivity contribution in [2.45, 2.75) is 111 Å². The Morgan fingerprint density at radius 2 is 1.64 bits per heavy atom. The van der Waals surface area contributed by atoms with Gasteiger partial charge in [-0.25, -0.2) is 4.98 Å². The topological polar surface area (TPSA) is 162 Å². The molecule has 0 spiro atoms. The van der Waals surface area contributed by atoms with E-state index in [0.29, 0.717) is 19.4 Å². The molecule has 1 aliphatic carbocycles. The largest absolute Gasteiger partial charge is 0.354 e. The molecule has 45 heavy (non-hydrogen) atoms. The van der Waals surface area contributed by atoms with Gasteiger partial charge < -0.3 is 26.2 Å². The van der Waals surface area contributed by atoms with Crippen LogP contribution < -0.4 is 21.3 Å². The van der Waals surface area contributed by atoms with Crippen molar-refractivity contribution >= 4 is 29.5 Å². The van der Waals surface area contributed by atoms with Gasteiger partial charge in [0.15, 0.2) is 0 Å². The Labute approximate surface area is 267 Å². The number of hydrogen-bond acceptors (Lipinski definition) is 7. The molecule has 0 saturated carbocycles. The van der Waals surface area contributed by atoms with E-state index in [0.717, 1.165) is 12.8 Å². The van der Waals surface area contributed by atoms with Gasteiger partial charge in [-0.15, -0.1) is 0 Å². The molecule has 12 nitrogen and oxygen atoms in total. The Morgan fingerprint density at radius 1 is 0.933 bits per heavy atom. The predicted octanol–water partition coefficient (Wildman–Crippen LogP) is 2.36. The lowest BCUT2D eigenvalue weighted by Crippen LogP contribution is -2.60. The molecule has 0 bridgehead atoms. The van der Waals surface area contributed by atoms with Gasteiger partial charge in [0.1, 0.15) is 23.8 Å². The minimum atomic E-state index is -0.926. The first-order valence-corrected chi connectivity index (χ1v) is 16.3. The van der Waals surface area contributed by atoms with E-state index in [2.05, 4.69) is 43.4 Å². The van der Waals surface area contributed by atoms with Crippen LogP contribution in [0.5, 0.6) is 0 Å². The van der Waals surface area contributed by atoms with E-state index in [1.54, 1.807) is 18.7 Å². The van der Waals surface area contributed by atoms with Gasteiger partial charge in [-0.2, -0.15) is 0 Å². The van der Waals surface area contributed by atoms with E-state index in [4.69, 9.17) is 0 Å². The Hall–Kier alpha value is -3.83. The number of amides is 5. The number of fused-ring (bicyclic) bond motifs is 1. The van der Waals surface area contributed by atoms with Crippen LogP contribution in [0.2, 0.25) is 0 Å². The normalized spacial score (nSPS) is 21.5. The highest BCUT2D eigenvalue weighted by molar-refractivity contribution is 5.98. The van der Waals surface area contributed by atoms with Crippen molar-refractivity contribution in [1.82, 2.24) is 36.1 Å². The SMILES string of the molecule is CCCC(CC(=O)N[C@@H](C)CC)NC(=O)C1C2CC=CC2CN1C(=O)[C@@H](NC(=O)[C@@H](NC(=O)c1cnccn1)C(C)C)C(C)C. The first-order valence-electron chi connectivity index (χ1n) is 16.3. The van der Waals surface area contributed by atoms with Crippen molar-refractivity contribution in [1.29, 1.82) is 0 Å². The maximum absolute atomic E-state index is 14.2. The number of aromatic nitrogens is 2. The molecule has 1 aromatic rings. The fourth-order valence-electron chi connectivity index (χ4n) is 6.04. The van der Waals surface area contributed by atoms with Gasteiger partial charge in [-0.05, 0) is 43.9 Å². The molecule has 2 heterocycles. The van der Waals surface area contributed by atoms with E-state index in [1.807, 2.05) is 34.6 Å². The number of carbonyl (C=O) groups is 5. The zero-order valence-corrected chi connectivity index (χ0v) is 27.7. The fraction of sp³-hybridized carbons (Fsp3) is 0.667. The summed E-state index contributed by atoms with van der Waals surface area (Å²) in [6.45, 7) is 13.6. The fourth-order valence-corrected chi connectivity index (χ4v) is 6.04. The third-order valence-corrected chi connectivity index (χ3v) is 8.74. The summed E-state index contributed by atoms with van der Waals surface area (Å²) in [5.41, 5.74) is 0.0803. The number of hydrogen-bond donors (Lipinski definition) is 4. The number of nitrogens with zero attached hydrogens (tertiary/aromatic N) is 3. The Kier molecular flexibility index (Phi) is 13.0. The van der Waals surface area contributed by atoms with Crippen LogP contribution >= 0.6 is 0 Å². The van der Waals surface area contributed by atoms with Crippen LogP contribution in [0.25, 0.3) is 0 Å². The maximum Gasteiger partial charge on any atom is 0.272 e. The first-order chi connectivity index (χ1) is 21.4. The van der Waals surface area contributed by atoms with Crippen molar-refractivity contribution in [3.05, 3.63) is 36.4 Å². The van der Waals surface area contributed by atoms with Crippen LogP contribution in [0, 0.1) is 23.7 Å². The van der Waals surface area contributed by atoms with Gasteiger partial charge in [-0.3, -0.25) is 29.0 Å². The highest BCUT2D eigenvalue weighted by atomic mass is 16.2. The summed E-state index contributed by atoms with van der Waals surface area (Å²) in [6, 6.07) is -2.89. The molecule has 1 fully saturated rings. The van der Waals surface area contributed by atoms with Gasteiger partial charge in [0.2, 0.25) is 23.6 Å². The number of nitrogens with one attached hydrogen (secondary N) is 4. The van der Waals surface area contributed by atoms with Gasteiger partial charge in [-0.1, -0.05) is 60.1 Å². The van der Waals surface area contributed by atoms with E-state index >= 15 is 0 Å². The van der Waals surface area contributed by atoms with Gasteiger partial charge in [0.05, 0.1) is 6.20 Å². The standard InChI is InChI=1S/C33H51N7O5/c1-8-11-23(16-26(41)36-21(7)9-2)37-32(44)29-24-13-10-12-22(24)18-40(29)33(45)28(20(5)6)39-31(43)27(19(3)4)38-30(42)25-17-34-14-15-35-25/h10,12,14-15,17,19-24,27-29H,8-9,11,13,16,18H2,1-7H3,(H,36,41)(H,37,44)(H,38,42)(H,39,43)/t21-,22?,23?,24?,27-,28-,29?/m0/s1. The molecule has 4 unspecified atom stereocenters. The van der Waals surface area contributed by atoms with Gasteiger partial charge >= 0.3 is 0 Å². The summed E-state index contributed by atoms with van der Waals surface area (Å²) in [4.78, 5) is 76.6. The second-order valence-corrected chi connectivity index (χ2v) is 13.0. The lowest BCUT2D eigenvalue weighted by atomic mass is 9.92. The molecule has 7 atom stereocenters. The summed E-state index contributed by atoms with van der Waals surface area (Å²) >= 11 is 0.